The van der Waals surface area contributed by atoms with Crippen LogP contribution in [0.5, 0.6) is 0 Å². The van der Waals surface area contributed by atoms with Crippen molar-refractivity contribution in [3.05, 3.63) is 90.0 Å². The van der Waals surface area contributed by atoms with Gasteiger partial charge in [0.05, 0.1) is 11.6 Å². The van der Waals surface area contributed by atoms with E-state index in [1.54, 1.807) is 48.5 Å². The molecule has 0 radical (unpaired) electrons. The molecule has 1 aliphatic heterocycles. The highest BCUT2D eigenvalue weighted by Crippen LogP contribution is 2.29. The Hall–Kier alpha value is -4.70. The number of likely N-dealkylation sites (N-methyl/N-ethyl adjacent to an activating group) is 1. The zero-order valence-corrected chi connectivity index (χ0v) is 21.5. The summed E-state index contributed by atoms with van der Waals surface area (Å²) in [5, 5.41) is 22.8. The molecule has 1 aliphatic rings. The van der Waals surface area contributed by atoms with Crippen LogP contribution in [0.3, 0.4) is 0 Å². The molecule has 2 heterocycles. The van der Waals surface area contributed by atoms with Gasteiger partial charge >= 0.3 is 12.1 Å². The Morgan fingerprint density at radius 2 is 1.67 bits per heavy atom. The zero-order chi connectivity index (χ0) is 27.4. The van der Waals surface area contributed by atoms with Gasteiger partial charge in [-0.25, -0.2) is 9.59 Å². The number of rotatable bonds is 6. The third kappa shape index (κ3) is 5.75. The molecule has 0 spiro atoms. The lowest BCUT2D eigenvalue weighted by Gasteiger charge is -2.38. The molecule has 39 heavy (non-hydrogen) atoms. The molecular formula is C29H30N6O4. The summed E-state index contributed by atoms with van der Waals surface area (Å²) >= 11 is 0. The summed E-state index contributed by atoms with van der Waals surface area (Å²) in [7, 11) is 2.08. The van der Waals surface area contributed by atoms with Crippen molar-refractivity contribution in [2.75, 3.05) is 24.2 Å². The SMILES string of the molecule is CN1CCCC[C@@H]1[C@H](NC(=O)Nc1ccc2c(c1)c(NC(=O)c1ccccc1)nn2C(=O)O)c1ccccc1. The summed E-state index contributed by atoms with van der Waals surface area (Å²) < 4.78 is 0.796. The molecule has 10 nitrogen and oxygen atoms in total. The number of likely N-dealkylation sites (tertiary alicyclic amines) is 1. The maximum atomic E-state index is 13.2. The smallest absolute Gasteiger partial charge is 0.432 e. The number of anilines is 2. The summed E-state index contributed by atoms with van der Waals surface area (Å²) in [6.07, 6.45) is 1.92. The Kier molecular flexibility index (Phi) is 7.55. The zero-order valence-electron chi connectivity index (χ0n) is 21.5. The average Bonchev–Trinajstić information content (AvgIpc) is 3.31. The predicted octanol–water partition coefficient (Wildman–Crippen LogP) is 5.16. The van der Waals surface area contributed by atoms with Crippen molar-refractivity contribution in [2.24, 2.45) is 0 Å². The molecule has 0 aliphatic carbocycles. The Bertz CT molecular complexity index is 1490. The monoisotopic (exact) mass is 526 g/mol. The lowest BCUT2D eigenvalue weighted by molar-refractivity contribution is 0.102. The van der Waals surface area contributed by atoms with E-state index in [4.69, 9.17) is 0 Å². The Labute approximate surface area is 225 Å². The molecule has 4 N–H and O–H groups in total. The number of piperidine rings is 1. The van der Waals surface area contributed by atoms with Crippen molar-refractivity contribution in [3.63, 3.8) is 0 Å². The summed E-state index contributed by atoms with van der Waals surface area (Å²) in [5.74, 6) is -0.345. The number of carbonyl (C=O) groups is 3. The van der Waals surface area contributed by atoms with Gasteiger partial charge in [-0.05, 0) is 62.3 Å². The van der Waals surface area contributed by atoms with Gasteiger partial charge in [-0.2, -0.15) is 4.68 Å². The number of urea groups is 1. The van der Waals surface area contributed by atoms with Crippen molar-refractivity contribution >= 4 is 40.4 Å². The van der Waals surface area contributed by atoms with Crippen LogP contribution in [-0.2, 0) is 0 Å². The van der Waals surface area contributed by atoms with Crippen molar-refractivity contribution in [1.82, 2.24) is 20.0 Å². The second-order valence-electron chi connectivity index (χ2n) is 9.63. The number of hydrogen-bond donors (Lipinski definition) is 4. The van der Waals surface area contributed by atoms with Crippen LogP contribution < -0.4 is 16.0 Å². The summed E-state index contributed by atoms with van der Waals surface area (Å²) in [6.45, 7) is 0.971. The molecule has 2 atom stereocenters. The minimum Gasteiger partial charge on any atom is -0.463 e. The molecule has 10 heteroatoms. The Morgan fingerprint density at radius 3 is 2.36 bits per heavy atom. The van der Waals surface area contributed by atoms with Crippen LogP contribution in [0, 0.1) is 0 Å². The van der Waals surface area contributed by atoms with Gasteiger partial charge in [0, 0.05) is 22.7 Å². The standard InChI is InChI=1S/C29H30N6O4/c1-34-17-9-8-14-24(34)25(19-10-4-2-5-11-19)31-28(37)30-21-15-16-23-22(18-21)26(33-35(23)29(38)39)32-27(36)20-12-6-3-7-13-20/h2-7,10-13,15-16,18,24-25H,8-9,14,17H2,1H3,(H,38,39)(H2,30,31,37)(H,32,33,36)/t24-,25-/m1/s1. The van der Waals surface area contributed by atoms with Crippen molar-refractivity contribution in [3.8, 4) is 0 Å². The summed E-state index contributed by atoms with van der Waals surface area (Å²) in [6, 6.07) is 22.8. The van der Waals surface area contributed by atoms with Gasteiger partial charge in [0.25, 0.3) is 5.91 Å². The molecule has 4 aromatic rings. The third-order valence-electron chi connectivity index (χ3n) is 7.04. The number of amides is 3. The van der Waals surface area contributed by atoms with Gasteiger partial charge < -0.3 is 26.0 Å². The number of aromatic nitrogens is 2. The first kappa shape index (κ1) is 25.9. The molecule has 3 aromatic carbocycles. The van der Waals surface area contributed by atoms with Crippen LogP contribution in [0.15, 0.2) is 78.9 Å². The van der Waals surface area contributed by atoms with Gasteiger partial charge in [0.15, 0.2) is 5.82 Å². The fraction of sp³-hybridized carbons (Fsp3) is 0.241. The van der Waals surface area contributed by atoms with E-state index in [1.165, 1.54) is 0 Å². The van der Waals surface area contributed by atoms with Crippen LogP contribution in [-0.4, -0.2) is 57.5 Å². The molecule has 1 aromatic heterocycles. The Balaban J connectivity index is 1.39. The molecule has 5 rings (SSSR count). The van der Waals surface area contributed by atoms with Gasteiger partial charge in [-0.15, -0.1) is 5.10 Å². The first-order valence-electron chi connectivity index (χ1n) is 12.9. The van der Waals surface area contributed by atoms with E-state index in [9.17, 15) is 19.5 Å². The second kappa shape index (κ2) is 11.4. The van der Waals surface area contributed by atoms with Gasteiger partial charge in [-0.3, -0.25) is 4.79 Å². The predicted molar refractivity (Wildman–Crippen MR) is 149 cm³/mol. The normalized spacial score (nSPS) is 16.4. The van der Waals surface area contributed by atoms with Gasteiger partial charge in [-0.1, -0.05) is 55.0 Å². The number of hydrogen-bond acceptors (Lipinski definition) is 5. The summed E-state index contributed by atoms with van der Waals surface area (Å²) in [4.78, 5) is 40.0. The van der Waals surface area contributed by atoms with E-state index in [1.807, 2.05) is 30.3 Å². The highest BCUT2D eigenvalue weighted by Gasteiger charge is 2.30. The van der Waals surface area contributed by atoms with Gasteiger partial charge in [0.1, 0.15) is 0 Å². The quantitative estimate of drug-likeness (QED) is 0.275. The van der Waals surface area contributed by atoms with Crippen molar-refractivity contribution < 1.29 is 19.5 Å². The van der Waals surface area contributed by atoms with E-state index >= 15 is 0 Å². The van der Waals surface area contributed by atoms with Gasteiger partial charge in [0.2, 0.25) is 0 Å². The maximum absolute atomic E-state index is 13.2. The third-order valence-corrected chi connectivity index (χ3v) is 7.04. The second-order valence-corrected chi connectivity index (χ2v) is 9.63. The number of carbonyl (C=O) groups excluding carboxylic acids is 2. The number of nitrogens with zero attached hydrogens (tertiary/aromatic N) is 3. The minimum absolute atomic E-state index is 0.0799. The van der Waals surface area contributed by atoms with E-state index in [2.05, 4.69) is 33.0 Å². The van der Waals surface area contributed by atoms with Crippen LogP contribution in [0.1, 0.15) is 41.2 Å². The van der Waals surface area contributed by atoms with Crippen LogP contribution in [0.25, 0.3) is 10.9 Å². The van der Waals surface area contributed by atoms with Crippen LogP contribution >= 0.6 is 0 Å². The number of carboxylic acid groups (broad SMARTS) is 1. The number of fused-ring (bicyclic) bond motifs is 1. The Morgan fingerprint density at radius 1 is 0.949 bits per heavy atom. The summed E-state index contributed by atoms with van der Waals surface area (Å²) in [5.41, 5.74) is 2.14. The molecule has 1 saturated heterocycles. The lowest BCUT2D eigenvalue weighted by Crippen LogP contribution is -2.47. The van der Waals surface area contributed by atoms with Crippen LogP contribution in [0.4, 0.5) is 21.1 Å². The topological polar surface area (TPSA) is 129 Å². The van der Waals surface area contributed by atoms with Crippen molar-refractivity contribution in [2.45, 2.75) is 31.3 Å². The highest BCUT2D eigenvalue weighted by atomic mass is 16.4. The fourth-order valence-corrected chi connectivity index (χ4v) is 5.10. The molecule has 1 fully saturated rings. The maximum Gasteiger partial charge on any atom is 0.432 e. The highest BCUT2D eigenvalue weighted by molar-refractivity contribution is 6.09. The largest absolute Gasteiger partial charge is 0.463 e. The first-order chi connectivity index (χ1) is 18.9. The van der Waals surface area contributed by atoms with Crippen molar-refractivity contribution in [1.29, 1.82) is 0 Å². The molecular weight excluding hydrogens is 496 g/mol. The van der Waals surface area contributed by atoms with Crippen LogP contribution in [0.2, 0.25) is 0 Å². The molecule has 0 saturated carbocycles. The number of nitrogens with one attached hydrogen (secondary N) is 3. The lowest BCUT2D eigenvalue weighted by atomic mass is 9.91. The minimum atomic E-state index is -1.29. The van der Waals surface area contributed by atoms with E-state index in [0.29, 0.717) is 16.6 Å². The van der Waals surface area contributed by atoms with E-state index in [0.717, 1.165) is 36.1 Å². The molecule has 200 valence electrons. The molecule has 0 unspecified atom stereocenters. The number of benzene rings is 3. The fourth-order valence-electron chi connectivity index (χ4n) is 5.10. The molecule has 0 bridgehead atoms. The first-order valence-corrected chi connectivity index (χ1v) is 12.9. The van der Waals surface area contributed by atoms with E-state index in [-0.39, 0.29) is 29.4 Å². The molecule has 3 amide bonds. The average molecular weight is 527 g/mol. The van der Waals surface area contributed by atoms with E-state index < -0.39 is 12.0 Å².